The van der Waals surface area contributed by atoms with E-state index in [9.17, 15) is 9.59 Å². The summed E-state index contributed by atoms with van der Waals surface area (Å²) in [5.74, 6) is -1.63. The van der Waals surface area contributed by atoms with Crippen LogP contribution in [0, 0.1) is 3.57 Å². The maximum absolute atomic E-state index is 11.8. The number of halogens is 3. The number of hydrogen-bond donors (Lipinski definition) is 2. The van der Waals surface area contributed by atoms with Crippen molar-refractivity contribution in [2.24, 2.45) is 0 Å². The van der Waals surface area contributed by atoms with Crippen LogP contribution in [0.5, 0.6) is 0 Å². The molecule has 1 aromatic rings. The number of hydrogen-bond acceptors (Lipinski definition) is 2. The monoisotopic (exact) mass is 387 g/mol. The SMILES string of the molecule is CC(NC(=O)c1cc(Cl)cc(Cl)c1I)C(=O)O. The number of carbonyl (C=O) groups excluding carboxylic acids is 1. The van der Waals surface area contributed by atoms with Crippen molar-refractivity contribution in [3.8, 4) is 0 Å². The number of carbonyl (C=O) groups is 2. The highest BCUT2D eigenvalue weighted by molar-refractivity contribution is 14.1. The van der Waals surface area contributed by atoms with Crippen molar-refractivity contribution in [3.05, 3.63) is 31.3 Å². The standard InChI is InChI=1S/C10H8Cl2INO3/c1-4(10(16)17)14-9(15)6-2-5(11)3-7(12)8(6)13/h2-4H,1H3,(H,14,15)(H,16,17). The summed E-state index contributed by atoms with van der Waals surface area (Å²) >= 11 is 13.6. The number of rotatable bonds is 3. The molecule has 0 bridgehead atoms. The van der Waals surface area contributed by atoms with Gasteiger partial charge in [-0.05, 0) is 41.6 Å². The predicted molar refractivity (Wildman–Crippen MR) is 73.7 cm³/mol. The average Bonchev–Trinajstić information content (AvgIpc) is 2.22. The molecule has 0 radical (unpaired) electrons. The molecule has 0 aliphatic carbocycles. The smallest absolute Gasteiger partial charge is 0.325 e. The van der Waals surface area contributed by atoms with Gasteiger partial charge in [0, 0.05) is 8.59 Å². The Morgan fingerprint density at radius 2 is 2.00 bits per heavy atom. The normalized spacial score (nSPS) is 12.0. The third kappa shape index (κ3) is 3.72. The first-order valence-electron chi connectivity index (χ1n) is 4.51. The first-order valence-corrected chi connectivity index (χ1v) is 6.34. The van der Waals surface area contributed by atoms with E-state index in [0.29, 0.717) is 13.6 Å². The fourth-order valence-electron chi connectivity index (χ4n) is 1.06. The van der Waals surface area contributed by atoms with Crippen molar-refractivity contribution >= 4 is 57.7 Å². The van der Waals surface area contributed by atoms with Gasteiger partial charge < -0.3 is 10.4 Å². The molecule has 0 aromatic heterocycles. The molecular weight excluding hydrogens is 380 g/mol. The number of carboxylic acid groups (broad SMARTS) is 1. The van der Waals surface area contributed by atoms with E-state index in [0.717, 1.165) is 0 Å². The zero-order valence-corrected chi connectivity index (χ0v) is 12.3. The molecule has 0 saturated carbocycles. The molecule has 0 aliphatic heterocycles. The van der Waals surface area contributed by atoms with Crippen LogP contribution in [0.3, 0.4) is 0 Å². The number of aliphatic carboxylic acids is 1. The summed E-state index contributed by atoms with van der Waals surface area (Å²) in [5.41, 5.74) is 0.260. The maximum Gasteiger partial charge on any atom is 0.325 e. The minimum absolute atomic E-state index is 0.260. The third-order valence-corrected chi connectivity index (χ3v) is 3.95. The lowest BCUT2D eigenvalue weighted by Gasteiger charge is -2.11. The van der Waals surface area contributed by atoms with E-state index in [1.807, 2.05) is 22.6 Å². The zero-order valence-electron chi connectivity index (χ0n) is 8.63. The van der Waals surface area contributed by atoms with Crippen LogP contribution >= 0.6 is 45.8 Å². The topological polar surface area (TPSA) is 66.4 Å². The van der Waals surface area contributed by atoms with Gasteiger partial charge in [-0.1, -0.05) is 23.2 Å². The maximum atomic E-state index is 11.8. The molecule has 0 fully saturated rings. The average molecular weight is 388 g/mol. The molecule has 1 amide bonds. The van der Waals surface area contributed by atoms with Gasteiger partial charge in [-0.3, -0.25) is 9.59 Å². The Kier molecular flexibility index (Phi) is 5.03. The van der Waals surface area contributed by atoms with Gasteiger partial charge in [-0.25, -0.2) is 0 Å². The van der Waals surface area contributed by atoms with Gasteiger partial charge in [0.05, 0.1) is 10.6 Å². The molecule has 1 aromatic carbocycles. The van der Waals surface area contributed by atoms with Gasteiger partial charge in [-0.15, -0.1) is 0 Å². The highest BCUT2D eigenvalue weighted by atomic mass is 127. The van der Waals surface area contributed by atoms with Gasteiger partial charge in [-0.2, -0.15) is 0 Å². The van der Waals surface area contributed by atoms with Crippen LogP contribution < -0.4 is 5.32 Å². The predicted octanol–water partition coefficient (Wildman–Crippen LogP) is 2.80. The quantitative estimate of drug-likeness (QED) is 0.619. The molecule has 0 spiro atoms. The van der Waals surface area contributed by atoms with Crippen molar-refractivity contribution in [3.63, 3.8) is 0 Å². The Morgan fingerprint density at radius 1 is 1.41 bits per heavy atom. The molecule has 7 heteroatoms. The van der Waals surface area contributed by atoms with E-state index < -0.39 is 17.9 Å². The Hall–Kier alpha value is -0.530. The number of carboxylic acids is 1. The first-order chi connectivity index (χ1) is 7.82. The Bertz CT molecular complexity index is 479. The molecule has 0 aliphatic rings. The summed E-state index contributed by atoms with van der Waals surface area (Å²) in [4.78, 5) is 22.4. The molecule has 2 N–H and O–H groups in total. The number of benzene rings is 1. The summed E-state index contributed by atoms with van der Waals surface area (Å²) in [6.07, 6.45) is 0. The van der Waals surface area contributed by atoms with E-state index >= 15 is 0 Å². The summed E-state index contributed by atoms with van der Waals surface area (Å²) in [7, 11) is 0. The Labute approximate surface area is 121 Å². The lowest BCUT2D eigenvalue weighted by atomic mass is 10.2. The van der Waals surface area contributed by atoms with E-state index in [-0.39, 0.29) is 5.56 Å². The lowest BCUT2D eigenvalue weighted by molar-refractivity contribution is -0.138. The molecular formula is C10H8Cl2INO3. The third-order valence-electron chi connectivity index (χ3n) is 1.96. The molecule has 0 saturated heterocycles. The largest absolute Gasteiger partial charge is 0.480 e. The van der Waals surface area contributed by atoms with Gasteiger partial charge >= 0.3 is 5.97 Å². The van der Waals surface area contributed by atoms with Crippen molar-refractivity contribution in [1.82, 2.24) is 5.32 Å². The summed E-state index contributed by atoms with van der Waals surface area (Å²) in [5, 5.41) is 11.7. The first kappa shape index (κ1) is 14.5. The van der Waals surface area contributed by atoms with Gasteiger partial charge in [0.1, 0.15) is 6.04 Å². The van der Waals surface area contributed by atoms with Crippen LogP contribution in [0.25, 0.3) is 0 Å². The fourth-order valence-corrected chi connectivity index (χ4v) is 2.11. The fraction of sp³-hybridized carbons (Fsp3) is 0.200. The molecule has 0 heterocycles. The highest BCUT2D eigenvalue weighted by Gasteiger charge is 2.18. The second-order valence-electron chi connectivity index (χ2n) is 3.28. The molecule has 1 atom stereocenters. The minimum Gasteiger partial charge on any atom is -0.480 e. The second kappa shape index (κ2) is 5.88. The molecule has 1 rings (SSSR count). The lowest BCUT2D eigenvalue weighted by Crippen LogP contribution is -2.38. The Morgan fingerprint density at radius 3 is 2.53 bits per heavy atom. The molecule has 17 heavy (non-hydrogen) atoms. The summed E-state index contributed by atoms with van der Waals surface area (Å²) < 4.78 is 0.531. The van der Waals surface area contributed by atoms with Gasteiger partial charge in [0.25, 0.3) is 5.91 Å². The molecule has 92 valence electrons. The van der Waals surface area contributed by atoms with Gasteiger partial charge in [0.2, 0.25) is 0 Å². The second-order valence-corrected chi connectivity index (χ2v) is 5.20. The zero-order chi connectivity index (χ0) is 13.2. The van der Waals surface area contributed by atoms with Gasteiger partial charge in [0.15, 0.2) is 0 Å². The van der Waals surface area contributed by atoms with Crippen LogP contribution in [0.15, 0.2) is 12.1 Å². The minimum atomic E-state index is -1.11. The molecule has 4 nitrogen and oxygen atoms in total. The Balaban J connectivity index is 3.01. The van der Waals surface area contributed by atoms with E-state index in [4.69, 9.17) is 28.3 Å². The van der Waals surface area contributed by atoms with Crippen molar-refractivity contribution < 1.29 is 14.7 Å². The van der Waals surface area contributed by atoms with Crippen LogP contribution in [0.2, 0.25) is 10.0 Å². The van der Waals surface area contributed by atoms with Crippen molar-refractivity contribution in [1.29, 1.82) is 0 Å². The van der Waals surface area contributed by atoms with Crippen LogP contribution in [-0.4, -0.2) is 23.0 Å². The van der Waals surface area contributed by atoms with Crippen molar-refractivity contribution in [2.75, 3.05) is 0 Å². The molecule has 1 unspecified atom stereocenters. The number of amides is 1. The van der Waals surface area contributed by atoms with Crippen molar-refractivity contribution in [2.45, 2.75) is 13.0 Å². The van der Waals surface area contributed by atoms with E-state index in [1.165, 1.54) is 19.1 Å². The van der Waals surface area contributed by atoms with Crippen LogP contribution in [0.4, 0.5) is 0 Å². The van der Waals surface area contributed by atoms with E-state index in [1.54, 1.807) is 0 Å². The van der Waals surface area contributed by atoms with Crippen LogP contribution in [0.1, 0.15) is 17.3 Å². The van der Waals surface area contributed by atoms with Crippen LogP contribution in [-0.2, 0) is 4.79 Å². The number of nitrogens with one attached hydrogen (secondary N) is 1. The summed E-state index contributed by atoms with van der Waals surface area (Å²) in [6, 6.07) is 1.98. The summed E-state index contributed by atoms with van der Waals surface area (Å²) in [6.45, 7) is 1.37. The van der Waals surface area contributed by atoms with E-state index in [2.05, 4.69) is 5.32 Å². The highest BCUT2D eigenvalue weighted by Crippen LogP contribution is 2.26.